The Labute approximate surface area is 126 Å². The molecule has 0 aliphatic heterocycles. The molecule has 0 radical (unpaired) electrons. The maximum absolute atomic E-state index is 8.47. The molecule has 21 heavy (non-hydrogen) atoms. The van der Waals surface area contributed by atoms with E-state index in [2.05, 4.69) is 41.6 Å². The Morgan fingerprint density at radius 1 is 1.48 bits per heavy atom. The Morgan fingerprint density at radius 2 is 2.24 bits per heavy atom. The molecule has 1 aromatic rings. The molecule has 0 saturated heterocycles. The number of rotatable bonds is 9. The molecule has 0 aliphatic rings. The zero-order valence-corrected chi connectivity index (χ0v) is 13.0. The average Bonchev–Trinajstić information content (AvgIpc) is 2.50. The van der Waals surface area contributed by atoms with Gasteiger partial charge in [0, 0.05) is 19.0 Å². The van der Waals surface area contributed by atoms with E-state index in [-0.39, 0.29) is 11.9 Å². The first kappa shape index (κ1) is 17.3. The van der Waals surface area contributed by atoms with Gasteiger partial charge in [0.25, 0.3) is 0 Å². The summed E-state index contributed by atoms with van der Waals surface area (Å²) in [7, 11) is 5.79. The number of ether oxygens (including phenoxy) is 1. The molecule has 0 spiro atoms. The summed E-state index contributed by atoms with van der Waals surface area (Å²) in [6.07, 6.45) is 1.43. The van der Waals surface area contributed by atoms with E-state index < -0.39 is 0 Å². The molecule has 1 atom stereocenters. The molecule has 0 fully saturated rings. The van der Waals surface area contributed by atoms with Gasteiger partial charge in [0.05, 0.1) is 7.11 Å². The second-order valence-corrected chi connectivity index (χ2v) is 5.16. The number of nitrogens with zero attached hydrogens (tertiary/aromatic N) is 2. The van der Waals surface area contributed by atoms with Gasteiger partial charge in [0.1, 0.15) is 11.6 Å². The number of nitrogens with two attached hydrogens (primary N) is 1. The number of methoxy groups -OCH3 is 1. The van der Waals surface area contributed by atoms with Crippen LogP contribution in [0.5, 0.6) is 5.75 Å². The van der Waals surface area contributed by atoms with Gasteiger partial charge in [-0.25, -0.2) is 0 Å². The highest BCUT2D eigenvalue weighted by molar-refractivity contribution is 5.79. The number of oxime groups is 1. The topological polar surface area (TPSA) is 83.1 Å². The quantitative estimate of drug-likeness (QED) is 0.211. The standard InChI is InChI=1S/C15H26N4O2/c1-19(2)14(11-17-9-5-8-15(16)18-20)12-6-4-7-13(10-12)21-3/h4,6-7,10,14,17,20H,5,8-9,11H2,1-3H3,(H2,16,18). The van der Waals surface area contributed by atoms with Crippen molar-refractivity contribution in [1.82, 2.24) is 10.2 Å². The van der Waals surface area contributed by atoms with E-state index in [0.717, 1.165) is 25.3 Å². The van der Waals surface area contributed by atoms with Crippen LogP contribution < -0.4 is 15.8 Å². The van der Waals surface area contributed by atoms with Crippen LogP contribution in [0.3, 0.4) is 0 Å². The number of nitrogens with one attached hydrogen (secondary N) is 1. The monoisotopic (exact) mass is 294 g/mol. The van der Waals surface area contributed by atoms with E-state index in [1.807, 2.05) is 12.1 Å². The van der Waals surface area contributed by atoms with Gasteiger partial charge in [0.2, 0.25) is 0 Å². The first-order valence-electron chi connectivity index (χ1n) is 7.06. The van der Waals surface area contributed by atoms with Crippen molar-refractivity contribution in [3.8, 4) is 5.75 Å². The maximum Gasteiger partial charge on any atom is 0.139 e. The summed E-state index contributed by atoms with van der Waals surface area (Å²) in [5.41, 5.74) is 6.65. The molecule has 1 rings (SSSR count). The highest BCUT2D eigenvalue weighted by atomic mass is 16.5. The molecule has 0 amide bonds. The summed E-state index contributed by atoms with van der Waals surface area (Å²) in [5.74, 6) is 1.14. The van der Waals surface area contributed by atoms with Crippen molar-refractivity contribution >= 4 is 5.84 Å². The fourth-order valence-corrected chi connectivity index (χ4v) is 2.13. The van der Waals surface area contributed by atoms with Crippen LogP contribution in [0.25, 0.3) is 0 Å². The largest absolute Gasteiger partial charge is 0.497 e. The van der Waals surface area contributed by atoms with E-state index in [9.17, 15) is 0 Å². The molecule has 1 unspecified atom stereocenters. The molecular formula is C15H26N4O2. The number of likely N-dealkylation sites (N-methyl/N-ethyl adjacent to an activating group) is 1. The van der Waals surface area contributed by atoms with Gasteiger partial charge in [-0.15, -0.1) is 0 Å². The van der Waals surface area contributed by atoms with Crippen LogP contribution in [-0.4, -0.2) is 50.2 Å². The lowest BCUT2D eigenvalue weighted by atomic mass is 10.1. The van der Waals surface area contributed by atoms with E-state index in [1.54, 1.807) is 7.11 Å². The van der Waals surface area contributed by atoms with Gasteiger partial charge in [-0.3, -0.25) is 0 Å². The number of hydrogen-bond donors (Lipinski definition) is 3. The zero-order chi connectivity index (χ0) is 15.7. The van der Waals surface area contributed by atoms with Crippen LogP contribution in [0.4, 0.5) is 0 Å². The second kappa shape index (κ2) is 9.20. The van der Waals surface area contributed by atoms with Gasteiger partial charge in [-0.1, -0.05) is 17.3 Å². The van der Waals surface area contributed by atoms with Gasteiger partial charge in [-0.05, 0) is 44.8 Å². The summed E-state index contributed by atoms with van der Waals surface area (Å²) < 4.78 is 5.28. The highest BCUT2D eigenvalue weighted by Crippen LogP contribution is 2.21. The Bertz CT molecular complexity index is 449. The Morgan fingerprint density at radius 3 is 2.86 bits per heavy atom. The summed E-state index contributed by atoms with van der Waals surface area (Å²) in [5, 5.41) is 14.8. The van der Waals surface area contributed by atoms with Crippen LogP contribution in [0, 0.1) is 0 Å². The van der Waals surface area contributed by atoms with Crippen LogP contribution in [0.1, 0.15) is 24.4 Å². The van der Waals surface area contributed by atoms with Crippen LogP contribution in [0.2, 0.25) is 0 Å². The number of hydrogen-bond acceptors (Lipinski definition) is 5. The predicted octanol–water partition coefficient (Wildman–Crippen LogP) is 1.41. The van der Waals surface area contributed by atoms with Gasteiger partial charge in [-0.2, -0.15) is 0 Å². The minimum absolute atomic E-state index is 0.268. The maximum atomic E-state index is 8.47. The van der Waals surface area contributed by atoms with Crippen LogP contribution in [0.15, 0.2) is 29.4 Å². The zero-order valence-electron chi connectivity index (χ0n) is 13.0. The minimum Gasteiger partial charge on any atom is -0.497 e. The van der Waals surface area contributed by atoms with Crippen molar-refractivity contribution in [1.29, 1.82) is 0 Å². The molecule has 0 aliphatic carbocycles. The molecule has 0 saturated carbocycles. The van der Waals surface area contributed by atoms with Crippen molar-refractivity contribution in [2.24, 2.45) is 10.9 Å². The van der Waals surface area contributed by atoms with Crippen molar-refractivity contribution in [2.45, 2.75) is 18.9 Å². The van der Waals surface area contributed by atoms with Crippen molar-refractivity contribution < 1.29 is 9.94 Å². The molecule has 118 valence electrons. The summed E-state index contributed by atoms with van der Waals surface area (Å²) >= 11 is 0. The normalized spacial score (nSPS) is 13.4. The summed E-state index contributed by atoms with van der Waals surface area (Å²) in [6.45, 7) is 1.65. The third-order valence-corrected chi connectivity index (χ3v) is 3.35. The molecule has 6 heteroatoms. The smallest absolute Gasteiger partial charge is 0.139 e. The fourth-order valence-electron chi connectivity index (χ4n) is 2.13. The van der Waals surface area contributed by atoms with Gasteiger partial charge >= 0.3 is 0 Å². The summed E-state index contributed by atoms with van der Waals surface area (Å²) in [4.78, 5) is 2.17. The Kier molecular flexibility index (Phi) is 7.56. The lowest BCUT2D eigenvalue weighted by Gasteiger charge is -2.25. The lowest BCUT2D eigenvalue weighted by molar-refractivity contribution is 0.288. The predicted molar refractivity (Wildman–Crippen MR) is 84.9 cm³/mol. The first-order chi connectivity index (χ1) is 10.1. The second-order valence-electron chi connectivity index (χ2n) is 5.16. The van der Waals surface area contributed by atoms with Crippen molar-refractivity contribution in [2.75, 3.05) is 34.3 Å². The highest BCUT2D eigenvalue weighted by Gasteiger charge is 2.14. The molecule has 4 N–H and O–H groups in total. The molecule has 1 aromatic carbocycles. The van der Waals surface area contributed by atoms with Gasteiger partial charge in [0.15, 0.2) is 0 Å². The third kappa shape index (κ3) is 6.01. The van der Waals surface area contributed by atoms with Crippen molar-refractivity contribution in [3.05, 3.63) is 29.8 Å². The molecule has 0 aromatic heterocycles. The van der Waals surface area contributed by atoms with Crippen molar-refractivity contribution in [3.63, 3.8) is 0 Å². The molecule has 0 bridgehead atoms. The number of amidine groups is 1. The molecular weight excluding hydrogens is 268 g/mol. The van der Waals surface area contributed by atoms with Gasteiger partial charge < -0.3 is 25.9 Å². The molecule has 0 heterocycles. The average molecular weight is 294 g/mol. The van der Waals surface area contributed by atoms with E-state index in [0.29, 0.717) is 6.42 Å². The lowest BCUT2D eigenvalue weighted by Crippen LogP contribution is -2.31. The van der Waals surface area contributed by atoms with E-state index in [1.165, 1.54) is 5.56 Å². The van der Waals surface area contributed by atoms with Crippen LogP contribution >= 0.6 is 0 Å². The Balaban J connectivity index is 2.50. The first-order valence-corrected chi connectivity index (χ1v) is 7.06. The summed E-state index contributed by atoms with van der Waals surface area (Å²) in [6, 6.07) is 8.38. The Hall–Kier alpha value is -1.79. The minimum atomic E-state index is 0.268. The SMILES string of the molecule is COc1cccc(C(CNCCCC(N)=NO)N(C)C)c1. The number of benzene rings is 1. The van der Waals surface area contributed by atoms with E-state index in [4.69, 9.17) is 15.7 Å². The molecule has 6 nitrogen and oxygen atoms in total. The fraction of sp³-hybridized carbons (Fsp3) is 0.533. The third-order valence-electron chi connectivity index (χ3n) is 3.35. The van der Waals surface area contributed by atoms with Crippen LogP contribution in [-0.2, 0) is 0 Å². The van der Waals surface area contributed by atoms with E-state index >= 15 is 0 Å².